The van der Waals surface area contributed by atoms with Gasteiger partial charge >= 0.3 is 0 Å². The molecule has 1 amide bonds. The van der Waals surface area contributed by atoms with Crippen LogP contribution in [0.4, 0.5) is 17.2 Å². The highest BCUT2D eigenvalue weighted by Crippen LogP contribution is 2.30. The summed E-state index contributed by atoms with van der Waals surface area (Å²) in [6, 6.07) is 8.43. The normalized spacial score (nSPS) is 11.0. The topological polar surface area (TPSA) is 146 Å². The van der Waals surface area contributed by atoms with Crippen LogP contribution in [0.2, 0.25) is 0 Å². The number of fused-ring (bicyclic) bond motifs is 1. The van der Waals surface area contributed by atoms with Crippen LogP contribution in [0, 0.1) is 41.0 Å². The highest BCUT2D eigenvalue weighted by atomic mass is 32.1. The molecular formula is C20H16N6O5S. The molecule has 0 aliphatic carbocycles. The molecule has 12 heteroatoms. The molecule has 1 N–H and O–H groups in total. The van der Waals surface area contributed by atoms with E-state index in [1.54, 1.807) is 13.0 Å². The summed E-state index contributed by atoms with van der Waals surface area (Å²) in [5, 5.41) is 29.8. The largest absolute Gasteiger partial charge is 0.306 e. The number of anilines is 1. The lowest BCUT2D eigenvalue weighted by molar-refractivity contribution is -0.394. The summed E-state index contributed by atoms with van der Waals surface area (Å²) >= 11 is 1.40. The molecule has 0 saturated heterocycles. The van der Waals surface area contributed by atoms with Gasteiger partial charge < -0.3 is 5.32 Å². The molecule has 2 aromatic carbocycles. The Morgan fingerprint density at radius 3 is 2.28 bits per heavy atom. The number of aromatic nitrogens is 3. The molecule has 0 saturated carbocycles. The lowest BCUT2D eigenvalue weighted by Crippen LogP contribution is -2.15. The minimum atomic E-state index is -0.788. The second kappa shape index (κ2) is 7.81. The van der Waals surface area contributed by atoms with Crippen LogP contribution >= 0.6 is 11.3 Å². The van der Waals surface area contributed by atoms with Crippen molar-refractivity contribution in [2.45, 2.75) is 20.8 Å². The summed E-state index contributed by atoms with van der Waals surface area (Å²) in [6.07, 6.45) is 0. The molecule has 2 aromatic heterocycles. The van der Waals surface area contributed by atoms with Gasteiger partial charge in [-0.2, -0.15) is 9.78 Å². The minimum absolute atomic E-state index is 0.216. The first-order chi connectivity index (χ1) is 15.1. The predicted molar refractivity (Wildman–Crippen MR) is 119 cm³/mol. The van der Waals surface area contributed by atoms with Gasteiger partial charge in [-0.1, -0.05) is 17.4 Å². The summed E-state index contributed by atoms with van der Waals surface area (Å²) < 4.78 is 2.44. The summed E-state index contributed by atoms with van der Waals surface area (Å²) in [5.74, 6) is -0.457. The molecule has 11 nitrogen and oxygen atoms in total. The molecule has 0 atom stereocenters. The number of aryl methyl sites for hydroxylation is 3. The molecule has 2 heterocycles. The molecule has 32 heavy (non-hydrogen) atoms. The Morgan fingerprint density at radius 1 is 1.00 bits per heavy atom. The molecule has 0 aliphatic rings. The smallest absolute Gasteiger partial charge is 0.277 e. The second-order valence-corrected chi connectivity index (χ2v) is 8.22. The van der Waals surface area contributed by atoms with Crippen LogP contribution in [0.15, 0.2) is 36.4 Å². The van der Waals surface area contributed by atoms with Gasteiger partial charge in [0.1, 0.15) is 5.82 Å². The zero-order valence-corrected chi connectivity index (χ0v) is 18.0. The Labute approximate surface area is 184 Å². The molecule has 4 aromatic rings. The van der Waals surface area contributed by atoms with E-state index >= 15 is 0 Å². The van der Waals surface area contributed by atoms with Crippen LogP contribution < -0.4 is 5.32 Å². The van der Waals surface area contributed by atoms with Crippen molar-refractivity contribution in [1.82, 2.24) is 14.8 Å². The maximum atomic E-state index is 12.8. The van der Waals surface area contributed by atoms with Crippen LogP contribution in [-0.2, 0) is 0 Å². The molecule has 0 bridgehead atoms. The Kier molecular flexibility index (Phi) is 5.14. The Hall–Kier alpha value is -4.19. The van der Waals surface area contributed by atoms with E-state index in [0.29, 0.717) is 10.8 Å². The van der Waals surface area contributed by atoms with Crippen molar-refractivity contribution < 1.29 is 14.6 Å². The average molecular weight is 452 g/mol. The van der Waals surface area contributed by atoms with Gasteiger partial charge in [0.25, 0.3) is 17.3 Å². The number of rotatable bonds is 5. The number of nitro groups is 2. The maximum Gasteiger partial charge on any atom is 0.277 e. The highest BCUT2D eigenvalue weighted by molar-refractivity contribution is 7.20. The van der Waals surface area contributed by atoms with Crippen molar-refractivity contribution >= 4 is 44.7 Å². The van der Waals surface area contributed by atoms with E-state index in [-0.39, 0.29) is 11.4 Å². The van der Waals surface area contributed by atoms with E-state index in [0.717, 1.165) is 39.5 Å². The van der Waals surface area contributed by atoms with Crippen LogP contribution in [0.1, 0.15) is 27.2 Å². The van der Waals surface area contributed by atoms with E-state index < -0.39 is 27.1 Å². The SMILES string of the molecule is Cc1cc(C)c2nc(-n3nc(C)cc3NC(=O)c3cc([N+](=O)[O-])cc([N+](=O)[O-])c3)sc2c1. The fraction of sp³-hybridized carbons (Fsp3) is 0.150. The first-order valence-corrected chi connectivity index (χ1v) is 10.1. The molecule has 4 rings (SSSR count). The molecule has 0 aliphatic heterocycles. The molecule has 0 spiro atoms. The number of nitrogens with one attached hydrogen (secondary N) is 1. The van der Waals surface area contributed by atoms with E-state index in [9.17, 15) is 25.0 Å². The number of hydrogen-bond acceptors (Lipinski definition) is 8. The molecular weight excluding hydrogens is 436 g/mol. The molecule has 0 fully saturated rings. The van der Waals surface area contributed by atoms with Crippen molar-refractivity contribution in [3.63, 3.8) is 0 Å². The van der Waals surface area contributed by atoms with Gasteiger partial charge in [0.2, 0.25) is 5.13 Å². The number of non-ortho nitro benzene ring substituents is 2. The number of benzene rings is 2. The van der Waals surface area contributed by atoms with Gasteiger partial charge in [0.05, 0.1) is 37.4 Å². The van der Waals surface area contributed by atoms with Crippen LogP contribution in [0.3, 0.4) is 0 Å². The summed E-state index contributed by atoms with van der Waals surface area (Å²) in [5.41, 5.74) is 2.24. The predicted octanol–water partition coefficient (Wildman–Crippen LogP) is 4.48. The summed E-state index contributed by atoms with van der Waals surface area (Å²) in [4.78, 5) is 38.1. The van der Waals surface area contributed by atoms with Crippen molar-refractivity contribution in [2.24, 2.45) is 0 Å². The third-order valence-electron chi connectivity index (χ3n) is 4.66. The van der Waals surface area contributed by atoms with E-state index in [4.69, 9.17) is 0 Å². The third kappa shape index (κ3) is 3.90. The molecule has 0 radical (unpaired) electrons. The van der Waals surface area contributed by atoms with Crippen LogP contribution in [-0.4, -0.2) is 30.5 Å². The monoisotopic (exact) mass is 452 g/mol. The standard InChI is InChI=1S/C20H16N6O5S/c1-10-4-11(2)18-16(5-10)32-20(22-18)24-17(6-12(3)23-24)21-19(27)13-7-14(25(28)29)9-15(8-13)26(30)31/h4-9H,1-3H3,(H,21,27). The van der Waals surface area contributed by atoms with Crippen molar-refractivity contribution in [2.75, 3.05) is 5.32 Å². The Balaban J connectivity index is 1.73. The Morgan fingerprint density at radius 2 is 1.66 bits per heavy atom. The van der Waals surface area contributed by atoms with Crippen LogP contribution in [0.5, 0.6) is 0 Å². The quantitative estimate of drug-likeness (QED) is 0.347. The van der Waals surface area contributed by atoms with Gasteiger partial charge in [0, 0.05) is 18.2 Å². The van der Waals surface area contributed by atoms with Gasteiger partial charge in [-0.15, -0.1) is 0 Å². The van der Waals surface area contributed by atoms with Crippen LogP contribution in [0.25, 0.3) is 15.3 Å². The first-order valence-electron chi connectivity index (χ1n) is 9.32. The van der Waals surface area contributed by atoms with Crippen molar-refractivity contribution in [1.29, 1.82) is 0 Å². The number of thiazole rings is 1. The zero-order chi connectivity index (χ0) is 23.2. The number of hydrogen-bond donors (Lipinski definition) is 1. The molecule has 0 unspecified atom stereocenters. The van der Waals surface area contributed by atoms with E-state index in [1.165, 1.54) is 16.0 Å². The fourth-order valence-corrected chi connectivity index (χ4v) is 4.42. The number of nitrogens with zero attached hydrogens (tertiary/aromatic N) is 5. The number of carbonyl (C=O) groups excluding carboxylic acids is 1. The van der Waals surface area contributed by atoms with Gasteiger partial charge in [-0.3, -0.25) is 25.0 Å². The maximum absolute atomic E-state index is 12.8. The van der Waals surface area contributed by atoms with Crippen molar-refractivity contribution in [3.8, 4) is 5.13 Å². The number of carbonyl (C=O) groups is 1. The average Bonchev–Trinajstić information content (AvgIpc) is 3.30. The zero-order valence-electron chi connectivity index (χ0n) is 17.1. The summed E-state index contributed by atoms with van der Waals surface area (Å²) in [6.45, 7) is 5.70. The second-order valence-electron chi connectivity index (χ2n) is 7.21. The van der Waals surface area contributed by atoms with Gasteiger partial charge in [0.15, 0.2) is 0 Å². The number of amides is 1. The van der Waals surface area contributed by atoms with E-state index in [1.807, 2.05) is 26.0 Å². The molecule has 162 valence electrons. The van der Waals surface area contributed by atoms with Crippen molar-refractivity contribution in [3.05, 3.63) is 79.0 Å². The van der Waals surface area contributed by atoms with Gasteiger partial charge in [-0.05, 0) is 38.0 Å². The number of nitro benzene ring substituents is 2. The Bertz CT molecular complexity index is 1390. The lowest BCUT2D eigenvalue weighted by Gasteiger charge is -2.06. The fourth-order valence-electron chi connectivity index (χ4n) is 3.31. The van der Waals surface area contributed by atoms with Gasteiger partial charge in [-0.25, -0.2) is 4.98 Å². The highest BCUT2D eigenvalue weighted by Gasteiger charge is 2.22. The minimum Gasteiger partial charge on any atom is -0.306 e. The lowest BCUT2D eigenvalue weighted by atomic mass is 10.1. The van der Waals surface area contributed by atoms with E-state index in [2.05, 4.69) is 15.4 Å². The third-order valence-corrected chi connectivity index (χ3v) is 5.64. The summed E-state index contributed by atoms with van der Waals surface area (Å²) in [7, 11) is 0. The first kappa shape index (κ1) is 21.1.